The van der Waals surface area contributed by atoms with E-state index >= 15 is 0 Å². The minimum atomic E-state index is 0.248. The van der Waals surface area contributed by atoms with Crippen molar-refractivity contribution >= 4 is 33.4 Å². The summed E-state index contributed by atoms with van der Waals surface area (Å²) in [4.78, 5) is 0. The van der Waals surface area contributed by atoms with Crippen LogP contribution >= 0.6 is 27.7 Å². The molecule has 0 aliphatic carbocycles. The lowest BCUT2D eigenvalue weighted by Gasteiger charge is -2.14. The molecule has 0 N–H and O–H groups in total. The van der Waals surface area contributed by atoms with Gasteiger partial charge in [-0.2, -0.15) is 9.78 Å². The second-order valence-corrected chi connectivity index (χ2v) is 7.39. The van der Waals surface area contributed by atoms with Crippen molar-refractivity contribution in [2.45, 2.75) is 5.16 Å². The highest BCUT2D eigenvalue weighted by atomic mass is 79.9. The van der Waals surface area contributed by atoms with Crippen molar-refractivity contribution in [2.75, 3.05) is 12.5 Å². The third-order valence-corrected chi connectivity index (χ3v) is 5.38. The minimum absolute atomic E-state index is 0.248. The molecule has 25 heavy (non-hydrogen) atoms. The van der Waals surface area contributed by atoms with Crippen LogP contribution in [0.2, 0.25) is 0 Å². The number of fused-ring (bicyclic) bond motifs is 2. The second kappa shape index (κ2) is 5.89. The molecule has 0 saturated heterocycles. The summed E-state index contributed by atoms with van der Waals surface area (Å²) < 4.78 is 13.7. The number of nitrogens with zero attached hydrogens (tertiary/aromatic N) is 4. The number of hydrogen-bond acceptors (Lipinski definition) is 6. The Morgan fingerprint density at radius 2 is 1.92 bits per heavy atom. The highest BCUT2D eigenvalue weighted by Crippen LogP contribution is 2.36. The number of hydrogen-bond donors (Lipinski definition) is 0. The Bertz CT molecular complexity index is 1020. The van der Waals surface area contributed by atoms with Crippen LogP contribution in [-0.4, -0.2) is 33.1 Å². The lowest BCUT2D eigenvalue weighted by Crippen LogP contribution is -2.13. The van der Waals surface area contributed by atoms with Gasteiger partial charge in [-0.15, -0.1) is 10.2 Å². The molecule has 0 unspecified atom stereocenters. The van der Waals surface area contributed by atoms with Crippen LogP contribution in [0.15, 0.2) is 57.2 Å². The van der Waals surface area contributed by atoms with E-state index < -0.39 is 0 Å². The summed E-state index contributed by atoms with van der Waals surface area (Å²) in [5.41, 5.74) is 2.96. The van der Waals surface area contributed by atoms with E-state index in [2.05, 4.69) is 38.3 Å². The first kappa shape index (κ1) is 15.0. The van der Waals surface area contributed by atoms with Crippen LogP contribution in [-0.2, 0) is 0 Å². The van der Waals surface area contributed by atoms with Crippen molar-refractivity contribution in [3.63, 3.8) is 0 Å². The summed E-state index contributed by atoms with van der Waals surface area (Å²) in [6.07, 6.45) is 0. The van der Waals surface area contributed by atoms with Gasteiger partial charge in [-0.3, -0.25) is 0 Å². The summed E-state index contributed by atoms with van der Waals surface area (Å²) in [6.45, 7) is 0.248. The zero-order valence-corrected chi connectivity index (χ0v) is 15.2. The molecule has 124 valence electrons. The minimum Gasteiger partial charge on any atom is -0.454 e. The highest BCUT2D eigenvalue weighted by Gasteiger charge is 2.22. The predicted octanol–water partition coefficient (Wildman–Crippen LogP) is 3.79. The smallest absolute Gasteiger partial charge is 0.231 e. The molecule has 0 radical (unpaired) electrons. The van der Waals surface area contributed by atoms with E-state index in [4.69, 9.17) is 14.6 Å². The van der Waals surface area contributed by atoms with Gasteiger partial charge in [0.25, 0.3) is 0 Å². The lowest BCUT2D eigenvalue weighted by atomic mass is 10.1. The maximum Gasteiger partial charge on any atom is 0.231 e. The van der Waals surface area contributed by atoms with Gasteiger partial charge in [0.05, 0.1) is 5.71 Å². The standard InChI is InChI=1S/C17H11BrN4O2S/c18-12-3-1-2-10(6-12)13-8-25-17-20-19-16(22(17)21-13)11-4-5-14-15(7-11)24-9-23-14/h1-7H,8-9H2. The fraction of sp³-hybridized carbons (Fsp3) is 0.118. The zero-order chi connectivity index (χ0) is 16.8. The molecule has 5 rings (SSSR count). The van der Waals surface area contributed by atoms with E-state index in [0.29, 0.717) is 5.82 Å². The first-order valence-electron chi connectivity index (χ1n) is 7.60. The zero-order valence-electron chi connectivity index (χ0n) is 12.8. The Morgan fingerprint density at radius 3 is 2.84 bits per heavy atom. The van der Waals surface area contributed by atoms with E-state index in [0.717, 1.165) is 43.7 Å². The average Bonchev–Trinajstić information content (AvgIpc) is 3.27. The van der Waals surface area contributed by atoms with Crippen LogP contribution in [0.1, 0.15) is 5.56 Å². The molecule has 3 heterocycles. The third-order valence-electron chi connectivity index (χ3n) is 3.96. The third kappa shape index (κ3) is 2.61. The predicted molar refractivity (Wildman–Crippen MR) is 98.4 cm³/mol. The quantitative estimate of drug-likeness (QED) is 0.638. The fourth-order valence-corrected chi connectivity index (χ4v) is 3.99. The topological polar surface area (TPSA) is 61.5 Å². The monoisotopic (exact) mass is 414 g/mol. The Balaban J connectivity index is 1.59. The Hall–Kier alpha value is -2.32. The summed E-state index contributed by atoms with van der Waals surface area (Å²) in [7, 11) is 0. The second-order valence-electron chi connectivity index (χ2n) is 5.53. The van der Waals surface area contributed by atoms with Gasteiger partial charge >= 0.3 is 0 Å². The number of rotatable bonds is 2. The fourth-order valence-electron chi connectivity index (χ4n) is 2.75. The molecule has 0 saturated carbocycles. The molecular formula is C17H11BrN4O2S. The molecule has 0 spiro atoms. The van der Waals surface area contributed by atoms with Gasteiger partial charge in [-0.05, 0) is 35.9 Å². The Morgan fingerprint density at radius 1 is 1.00 bits per heavy atom. The van der Waals surface area contributed by atoms with Crippen molar-refractivity contribution in [1.29, 1.82) is 0 Å². The normalized spacial score (nSPS) is 15.0. The number of thioether (sulfide) groups is 1. The SMILES string of the molecule is Brc1cccc(C2=Nn3c(nnc3-c3ccc4c(c3)OCO4)SC2)c1. The molecular weight excluding hydrogens is 404 g/mol. The van der Waals surface area contributed by atoms with E-state index in [1.807, 2.05) is 30.3 Å². The average molecular weight is 415 g/mol. The van der Waals surface area contributed by atoms with Crippen LogP contribution < -0.4 is 9.47 Å². The number of ether oxygens (including phenoxy) is 2. The van der Waals surface area contributed by atoms with Gasteiger partial charge in [0.15, 0.2) is 17.3 Å². The van der Waals surface area contributed by atoms with Crippen LogP contribution in [0.3, 0.4) is 0 Å². The van der Waals surface area contributed by atoms with E-state index in [-0.39, 0.29) is 6.79 Å². The molecule has 0 atom stereocenters. The molecule has 2 aliphatic rings. The van der Waals surface area contributed by atoms with Gasteiger partial charge in [-0.1, -0.05) is 39.8 Å². The van der Waals surface area contributed by atoms with E-state index in [9.17, 15) is 0 Å². The highest BCUT2D eigenvalue weighted by molar-refractivity contribution is 9.10. The first-order chi connectivity index (χ1) is 12.3. The van der Waals surface area contributed by atoms with Gasteiger partial charge in [0.1, 0.15) is 0 Å². The number of benzene rings is 2. The summed E-state index contributed by atoms with van der Waals surface area (Å²) in [6, 6.07) is 13.9. The molecule has 1 aromatic heterocycles. The number of aromatic nitrogens is 3. The van der Waals surface area contributed by atoms with Crippen molar-refractivity contribution in [3.8, 4) is 22.9 Å². The van der Waals surface area contributed by atoms with E-state index in [1.165, 1.54) is 0 Å². The maximum atomic E-state index is 5.46. The van der Waals surface area contributed by atoms with Gasteiger partial charge in [-0.25, -0.2) is 0 Å². The molecule has 6 nitrogen and oxygen atoms in total. The van der Waals surface area contributed by atoms with Crippen molar-refractivity contribution in [1.82, 2.24) is 14.9 Å². The summed E-state index contributed by atoms with van der Waals surface area (Å²) in [5.74, 6) is 2.91. The lowest BCUT2D eigenvalue weighted by molar-refractivity contribution is 0.174. The van der Waals surface area contributed by atoms with Crippen LogP contribution in [0.5, 0.6) is 11.5 Å². The summed E-state index contributed by atoms with van der Waals surface area (Å²) in [5, 5.41) is 14.1. The Kier molecular flexibility index (Phi) is 3.53. The van der Waals surface area contributed by atoms with E-state index in [1.54, 1.807) is 16.4 Å². The molecule has 0 amide bonds. The molecule has 0 fully saturated rings. The van der Waals surface area contributed by atoms with Crippen molar-refractivity contribution in [3.05, 3.63) is 52.5 Å². The van der Waals surface area contributed by atoms with Crippen LogP contribution in [0.4, 0.5) is 0 Å². The van der Waals surface area contributed by atoms with Crippen molar-refractivity contribution < 1.29 is 9.47 Å². The first-order valence-corrected chi connectivity index (χ1v) is 9.38. The molecule has 2 aliphatic heterocycles. The largest absolute Gasteiger partial charge is 0.454 e. The Labute approximate surface area is 156 Å². The van der Waals surface area contributed by atoms with Gasteiger partial charge < -0.3 is 9.47 Å². The van der Waals surface area contributed by atoms with Crippen LogP contribution in [0, 0.1) is 0 Å². The maximum absolute atomic E-state index is 5.46. The van der Waals surface area contributed by atoms with Gasteiger partial charge in [0.2, 0.25) is 11.9 Å². The van der Waals surface area contributed by atoms with Crippen LogP contribution in [0.25, 0.3) is 11.4 Å². The molecule has 2 aromatic carbocycles. The molecule has 0 bridgehead atoms. The molecule has 3 aromatic rings. The van der Waals surface area contributed by atoms with Gasteiger partial charge in [0, 0.05) is 15.8 Å². The van der Waals surface area contributed by atoms with Crippen molar-refractivity contribution in [2.24, 2.45) is 5.10 Å². The number of halogens is 1. The molecule has 8 heteroatoms. The summed E-state index contributed by atoms with van der Waals surface area (Å²) >= 11 is 5.14.